The molecule has 0 saturated carbocycles. The number of allylic oxidation sites excluding steroid dienone is 1. The number of nitriles is 1. The van der Waals surface area contributed by atoms with Crippen molar-refractivity contribution in [2.75, 3.05) is 13.1 Å². The second kappa shape index (κ2) is 3.94. The predicted octanol–water partition coefficient (Wildman–Crippen LogP) is 1.60. The lowest BCUT2D eigenvalue weighted by Gasteiger charge is -2.25. The highest BCUT2D eigenvalue weighted by molar-refractivity contribution is 5.65. The van der Waals surface area contributed by atoms with E-state index in [9.17, 15) is 4.79 Å². The van der Waals surface area contributed by atoms with Gasteiger partial charge in [-0.15, -0.1) is 0 Å². The second-order valence-corrected chi connectivity index (χ2v) is 3.11. The van der Waals surface area contributed by atoms with Gasteiger partial charge in [0.05, 0.1) is 6.07 Å². The van der Waals surface area contributed by atoms with Crippen LogP contribution in [-0.4, -0.2) is 29.2 Å². The molecule has 0 atom stereocenters. The highest BCUT2D eigenvalue weighted by atomic mass is 16.4. The van der Waals surface area contributed by atoms with Crippen LogP contribution in [0.3, 0.4) is 0 Å². The first kappa shape index (κ1) is 9.59. The molecule has 0 spiro atoms. The lowest BCUT2D eigenvalue weighted by Crippen LogP contribution is -2.35. The Morgan fingerprint density at radius 1 is 1.54 bits per heavy atom. The topological polar surface area (TPSA) is 64.3 Å². The Morgan fingerprint density at radius 2 is 2.08 bits per heavy atom. The van der Waals surface area contributed by atoms with Gasteiger partial charge in [-0.25, -0.2) is 4.79 Å². The summed E-state index contributed by atoms with van der Waals surface area (Å²) in [5.41, 5.74) is 1.84. The van der Waals surface area contributed by atoms with Crippen LogP contribution >= 0.6 is 0 Å². The molecule has 0 unspecified atom stereocenters. The summed E-state index contributed by atoms with van der Waals surface area (Å²) in [6.07, 6.45) is 0.533. The number of hydrogen-bond donors (Lipinski definition) is 1. The fraction of sp³-hybridized carbons (Fsp3) is 0.556. The SMILES string of the molecule is CC(C#N)=C1CCN(C(=O)O)CC1. The Kier molecular flexibility index (Phi) is 2.91. The number of piperidine rings is 1. The predicted molar refractivity (Wildman–Crippen MR) is 47.1 cm³/mol. The first-order chi connectivity index (χ1) is 6.15. The molecule has 0 aliphatic carbocycles. The molecule has 0 aromatic rings. The highest BCUT2D eigenvalue weighted by Gasteiger charge is 2.18. The number of likely N-dealkylation sites (tertiary alicyclic amines) is 1. The molecule has 1 aliphatic rings. The third kappa shape index (κ3) is 2.22. The zero-order valence-electron chi connectivity index (χ0n) is 7.58. The third-order valence-corrected chi connectivity index (χ3v) is 2.34. The molecule has 13 heavy (non-hydrogen) atoms. The molecule has 1 fully saturated rings. The standard InChI is InChI=1S/C9H12N2O2/c1-7(6-10)8-2-4-11(5-3-8)9(12)13/h2-5H2,1H3,(H,12,13). The molecule has 1 amide bonds. The van der Waals surface area contributed by atoms with Gasteiger partial charge in [-0.05, 0) is 19.8 Å². The van der Waals surface area contributed by atoms with Gasteiger partial charge >= 0.3 is 6.09 Å². The minimum atomic E-state index is -0.867. The van der Waals surface area contributed by atoms with Crippen molar-refractivity contribution in [1.82, 2.24) is 4.90 Å². The molecule has 1 aliphatic heterocycles. The van der Waals surface area contributed by atoms with Crippen molar-refractivity contribution in [2.24, 2.45) is 0 Å². The van der Waals surface area contributed by atoms with E-state index in [2.05, 4.69) is 6.07 Å². The van der Waals surface area contributed by atoms with Crippen LogP contribution in [0.4, 0.5) is 4.79 Å². The van der Waals surface area contributed by atoms with E-state index in [1.807, 2.05) is 0 Å². The second-order valence-electron chi connectivity index (χ2n) is 3.11. The average molecular weight is 180 g/mol. The largest absolute Gasteiger partial charge is 0.465 e. The number of amides is 1. The van der Waals surface area contributed by atoms with Crippen molar-refractivity contribution in [2.45, 2.75) is 19.8 Å². The average Bonchev–Trinajstić information content (AvgIpc) is 2.17. The zero-order chi connectivity index (χ0) is 9.84. The van der Waals surface area contributed by atoms with E-state index < -0.39 is 6.09 Å². The number of nitrogens with zero attached hydrogens (tertiary/aromatic N) is 2. The van der Waals surface area contributed by atoms with Gasteiger partial charge in [0.2, 0.25) is 0 Å². The van der Waals surface area contributed by atoms with Crippen LogP contribution in [0.15, 0.2) is 11.1 Å². The Bertz CT molecular complexity index is 278. The Morgan fingerprint density at radius 3 is 2.46 bits per heavy atom. The van der Waals surface area contributed by atoms with E-state index in [4.69, 9.17) is 10.4 Å². The summed E-state index contributed by atoms with van der Waals surface area (Å²) in [5, 5.41) is 17.3. The summed E-state index contributed by atoms with van der Waals surface area (Å²) in [7, 11) is 0. The maximum Gasteiger partial charge on any atom is 0.407 e. The monoisotopic (exact) mass is 180 g/mol. The minimum absolute atomic E-state index is 0.518. The molecule has 0 bridgehead atoms. The van der Waals surface area contributed by atoms with Gasteiger partial charge in [0.15, 0.2) is 0 Å². The number of carboxylic acid groups (broad SMARTS) is 1. The van der Waals surface area contributed by atoms with Gasteiger partial charge < -0.3 is 10.0 Å². The van der Waals surface area contributed by atoms with Crippen molar-refractivity contribution in [3.05, 3.63) is 11.1 Å². The normalized spacial score (nSPS) is 16.6. The van der Waals surface area contributed by atoms with Crippen molar-refractivity contribution in [3.63, 3.8) is 0 Å². The van der Waals surface area contributed by atoms with Crippen molar-refractivity contribution >= 4 is 6.09 Å². The maximum absolute atomic E-state index is 10.5. The van der Waals surface area contributed by atoms with Crippen LogP contribution in [0.2, 0.25) is 0 Å². The van der Waals surface area contributed by atoms with Crippen LogP contribution in [0, 0.1) is 11.3 Å². The molecule has 4 nitrogen and oxygen atoms in total. The van der Waals surface area contributed by atoms with E-state index in [-0.39, 0.29) is 0 Å². The molecule has 1 heterocycles. The van der Waals surface area contributed by atoms with Crippen molar-refractivity contribution < 1.29 is 9.90 Å². The van der Waals surface area contributed by atoms with E-state index in [1.165, 1.54) is 4.90 Å². The molecule has 70 valence electrons. The summed E-state index contributed by atoms with van der Waals surface area (Å²) in [6.45, 7) is 2.82. The quantitative estimate of drug-likeness (QED) is 0.576. The lowest BCUT2D eigenvalue weighted by molar-refractivity contribution is 0.141. The Balaban J connectivity index is 2.59. The van der Waals surface area contributed by atoms with Gasteiger partial charge in [0, 0.05) is 18.7 Å². The molecule has 4 heteroatoms. The van der Waals surface area contributed by atoms with Gasteiger partial charge in [0.25, 0.3) is 0 Å². The van der Waals surface area contributed by atoms with E-state index in [0.717, 1.165) is 11.1 Å². The summed E-state index contributed by atoms with van der Waals surface area (Å²) in [5.74, 6) is 0. The molecule has 0 radical (unpaired) electrons. The zero-order valence-corrected chi connectivity index (χ0v) is 7.58. The van der Waals surface area contributed by atoms with E-state index >= 15 is 0 Å². The lowest BCUT2D eigenvalue weighted by atomic mass is 10.00. The van der Waals surface area contributed by atoms with Gasteiger partial charge in [-0.1, -0.05) is 5.57 Å². The van der Waals surface area contributed by atoms with Gasteiger partial charge in [-0.2, -0.15) is 5.26 Å². The third-order valence-electron chi connectivity index (χ3n) is 2.34. The van der Waals surface area contributed by atoms with E-state index in [1.54, 1.807) is 6.92 Å². The highest BCUT2D eigenvalue weighted by Crippen LogP contribution is 2.19. The van der Waals surface area contributed by atoms with Crippen LogP contribution < -0.4 is 0 Å². The molecule has 1 N–H and O–H groups in total. The van der Waals surface area contributed by atoms with E-state index in [0.29, 0.717) is 25.9 Å². The summed E-state index contributed by atoms with van der Waals surface area (Å²) >= 11 is 0. The molecular formula is C9H12N2O2. The van der Waals surface area contributed by atoms with Gasteiger partial charge in [-0.3, -0.25) is 0 Å². The van der Waals surface area contributed by atoms with Gasteiger partial charge in [0.1, 0.15) is 0 Å². The number of rotatable bonds is 0. The van der Waals surface area contributed by atoms with Crippen molar-refractivity contribution in [3.8, 4) is 6.07 Å². The summed E-state index contributed by atoms with van der Waals surface area (Å²) < 4.78 is 0. The van der Waals surface area contributed by atoms with Crippen LogP contribution in [0.25, 0.3) is 0 Å². The fourth-order valence-electron chi connectivity index (χ4n) is 1.42. The number of hydrogen-bond acceptors (Lipinski definition) is 2. The van der Waals surface area contributed by atoms with Crippen LogP contribution in [0.5, 0.6) is 0 Å². The van der Waals surface area contributed by atoms with Crippen molar-refractivity contribution in [1.29, 1.82) is 5.26 Å². The molecule has 1 rings (SSSR count). The Labute approximate surface area is 77.1 Å². The number of carbonyl (C=O) groups is 1. The van der Waals surface area contributed by atoms with Crippen LogP contribution in [-0.2, 0) is 0 Å². The smallest absolute Gasteiger partial charge is 0.407 e. The Hall–Kier alpha value is -1.50. The molecular weight excluding hydrogens is 168 g/mol. The van der Waals surface area contributed by atoms with Crippen LogP contribution in [0.1, 0.15) is 19.8 Å². The molecule has 1 saturated heterocycles. The maximum atomic E-state index is 10.5. The fourth-order valence-corrected chi connectivity index (χ4v) is 1.42. The first-order valence-corrected chi connectivity index (χ1v) is 4.21. The first-order valence-electron chi connectivity index (χ1n) is 4.21. The molecule has 0 aromatic carbocycles. The minimum Gasteiger partial charge on any atom is -0.465 e. The summed E-state index contributed by atoms with van der Waals surface area (Å²) in [4.78, 5) is 11.9. The molecule has 0 aromatic heterocycles. The summed E-state index contributed by atoms with van der Waals surface area (Å²) in [6, 6.07) is 2.09.